The van der Waals surface area contributed by atoms with Crippen molar-refractivity contribution in [3.05, 3.63) is 0 Å². The van der Waals surface area contributed by atoms with Crippen LogP contribution < -0.4 is 0 Å². The molecule has 316 valence electrons. The normalized spacial score (nSPS) is 29.2. The van der Waals surface area contributed by atoms with Gasteiger partial charge in [0.15, 0.2) is 12.6 Å². The molecule has 53 heavy (non-hydrogen) atoms. The summed E-state index contributed by atoms with van der Waals surface area (Å²) in [6, 6.07) is 0. The Bertz CT molecular complexity index is 833. The van der Waals surface area contributed by atoms with Crippen molar-refractivity contribution in [3.8, 4) is 0 Å². The van der Waals surface area contributed by atoms with Crippen LogP contribution in [0.5, 0.6) is 0 Å². The quantitative estimate of drug-likeness (QED) is 0.0293. The van der Waals surface area contributed by atoms with Gasteiger partial charge in [-0.25, -0.2) is 0 Å². The van der Waals surface area contributed by atoms with E-state index in [1.54, 1.807) is 0 Å². The third kappa shape index (κ3) is 20.6. The van der Waals surface area contributed by atoms with Gasteiger partial charge in [0.1, 0.15) is 48.8 Å². The average Bonchev–Trinajstić information content (AvgIpc) is 3.16. The summed E-state index contributed by atoms with van der Waals surface area (Å²) in [5, 5.41) is 70.5. The Morgan fingerprint density at radius 2 is 0.792 bits per heavy atom. The number of ether oxygens (including phenoxy) is 10. The van der Waals surface area contributed by atoms with Gasteiger partial charge in [-0.1, -0.05) is 44.9 Å². The van der Waals surface area contributed by atoms with Crippen LogP contribution in [0.1, 0.15) is 57.8 Å². The van der Waals surface area contributed by atoms with Crippen molar-refractivity contribution in [1.29, 1.82) is 0 Å². The summed E-state index contributed by atoms with van der Waals surface area (Å²) < 4.78 is 54.9. The molecule has 10 atom stereocenters. The molecule has 0 bridgehead atoms. The average molecular weight is 793 g/mol. The topological polar surface area (TPSA) is 234 Å². The molecule has 2 heterocycles. The zero-order valence-corrected chi connectivity index (χ0v) is 32.0. The molecule has 17 nitrogen and oxygen atoms in total. The summed E-state index contributed by atoms with van der Waals surface area (Å²) in [7, 11) is 0. The number of unbranched alkanes of at least 4 members (excludes halogenated alkanes) is 8. The van der Waals surface area contributed by atoms with Gasteiger partial charge in [0.2, 0.25) is 0 Å². The van der Waals surface area contributed by atoms with Crippen LogP contribution in [0.15, 0.2) is 0 Å². The lowest BCUT2D eigenvalue weighted by Crippen LogP contribution is -2.64. The summed E-state index contributed by atoms with van der Waals surface area (Å²) >= 11 is 4.24. The molecular weight excluding hydrogens is 724 g/mol. The van der Waals surface area contributed by atoms with Crippen molar-refractivity contribution in [3.63, 3.8) is 0 Å². The lowest BCUT2D eigenvalue weighted by molar-refractivity contribution is -0.359. The van der Waals surface area contributed by atoms with Crippen molar-refractivity contribution in [2.75, 3.05) is 105 Å². The fourth-order valence-electron chi connectivity index (χ4n) is 5.67. The van der Waals surface area contributed by atoms with E-state index in [4.69, 9.17) is 47.4 Å². The maximum absolute atomic E-state index is 10.7. The number of rotatable bonds is 34. The molecule has 0 spiro atoms. The van der Waals surface area contributed by atoms with Crippen LogP contribution in [-0.2, 0) is 47.4 Å². The first-order chi connectivity index (χ1) is 25.8. The largest absolute Gasteiger partial charge is 0.394 e. The second-order valence-electron chi connectivity index (χ2n) is 13.0. The van der Waals surface area contributed by atoms with E-state index in [0.717, 1.165) is 18.8 Å². The van der Waals surface area contributed by atoms with Gasteiger partial charge in [-0.15, -0.1) is 0 Å². The Kier molecular flexibility index (Phi) is 29.2. The van der Waals surface area contributed by atoms with Gasteiger partial charge in [0.25, 0.3) is 0 Å². The minimum absolute atomic E-state index is 0.00910. The molecule has 0 amide bonds. The molecule has 0 aromatic rings. The van der Waals surface area contributed by atoms with Crippen molar-refractivity contribution < 1.29 is 83.1 Å². The molecule has 2 aliphatic rings. The lowest BCUT2D eigenvalue weighted by Gasteiger charge is -2.45. The number of hydrogen-bond donors (Lipinski definition) is 8. The van der Waals surface area contributed by atoms with Gasteiger partial charge in [-0.3, -0.25) is 0 Å². The molecule has 6 unspecified atom stereocenters. The summed E-state index contributed by atoms with van der Waals surface area (Å²) in [5.74, 6) is 1.00. The molecule has 18 heteroatoms. The molecule has 2 rings (SSSR count). The number of hydrogen-bond acceptors (Lipinski definition) is 18. The van der Waals surface area contributed by atoms with Gasteiger partial charge in [-0.05, 0) is 18.6 Å². The van der Waals surface area contributed by atoms with E-state index in [1.807, 2.05) is 0 Å². The van der Waals surface area contributed by atoms with Gasteiger partial charge in [0.05, 0.1) is 92.5 Å². The van der Waals surface area contributed by atoms with Gasteiger partial charge in [-0.2, -0.15) is 12.6 Å². The fourth-order valence-corrected chi connectivity index (χ4v) is 5.89. The van der Waals surface area contributed by atoms with Crippen LogP contribution in [0.3, 0.4) is 0 Å². The van der Waals surface area contributed by atoms with Crippen molar-refractivity contribution in [2.45, 2.75) is 119 Å². The Balaban J connectivity index is 1.35. The Hall–Kier alpha value is -0.330. The molecule has 0 radical (unpaired) electrons. The van der Waals surface area contributed by atoms with E-state index < -0.39 is 74.6 Å². The molecular formula is C35H68O17S. The minimum atomic E-state index is -1.74. The molecule has 2 fully saturated rings. The highest BCUT2D eigenvalue weighted by atomic mass is 32.1. The van der Waals surface area contributed by atoms with Crippen LogP contribution in [0.25, 0.3) is 0 Å². The lowest BCUT2D eigenvalue weighted by atomic mass is 9.97. The standard InChI is InChI=1S/C35H68O17S/c36-24-26-28(38)29(39)31(41)35(50-26)52-33-27(25-37)51-34(32(42)30(33)40)49-22-21-48-20-19-47-18-17-46-16-15-45-14-13-44-12-11-43-10-8-6-4-2-1-3-5-7-9-23-53/h26-42,53H,1-25H2/t26?,27?,28-,29?,30?,31?,32?,33+,34+,35-/m0/s1. The number of aliphatic hydroxyl groups is 7. The zero-order valence-electron chi connectivity index (χ0n) is 31.1. The maximum Gasteiger partial charge on any atom is 0.187 e. The molecule has 0 aromatic carbocycles. The first-order valence-corrected chi connectivity index (χ1v) is 19.8. The van der Waals surface area contributed by atoms with Crippen molar-refractivity contribution in [2.24, 2.45) is 0 Å². The fraction of sp³-hybridized carbons (Fsp3) is 1.00. The van der Waals surface area contributed by atoms with Crippen LogP contribution >= 0.6 is 12.6 Å². The predicted molar refractivity (Wildman–Crippen MR) is 193 cm³/mol. The highest BCUT2D eigenvalue weighted by Crippen LogP contribution is 2.29. The molecule has 7 N–H and O–H groups in total. The monoisotopic (exact) mass is 792 g/mol. The van der Waals surface area contributed by atoms with Crippen LogP contribution in [0, 0.1) is 0 Å². The summed E-state index contributed by atoms with van der Waals surface area (Å²) in [4.78, 5) is 0. The minimum Gasteiger partial charge on any atom is -0.394 e. The summed E-state index contributed by atoms with van der Waals surface area (Å²) in [6.07, 6.45) is -3.61. The maximum atomic E-state index is 10.7. The first kappa shape index (κ1) is 48.8. The summed E-state index contributed by atoms with van der Waals surface area (Å²) in [6.45, 7) is 4.02. The molecule has 0 aromatic heterocycles. The molecule has 2 saturated heterocycles. The number of aliphatic hydroxyl groups excluding tert-OH is 7. The molecule has 0 saturated carbocycles. The van der Waals surface area contributed by atoms with E-state index in [1.165, 1.54) is 51.4 Å². The van der Waals surface area contributed by atoms with E-state index in [0.29, 0.717) is 59.5 Å². The van der Waals surface area contributed by atoms with Crippen LogP contribution in [0.2, 0.25) is 0 Å². The van der Waals surface area contributed by atoms with Crippen LogP contribution in [-0.4, -0.2) is 202 Å². The third-order valence-corrected chi connectivity index (χ3v) is 9.09. The van der Waals surface area contributed by atoms with Gasteiger partial charge >= 0.3 is 0 Å². The first-order valence-electron chi connectivity index (χ1n) is 19.1. The number of thiol groups is 1. The summed E-state index contributed by atoms with van der Waals surface area (Å²) in [5.41, 5.74) is 0. The van der Waals surface area contributed by atoms with Crippen molar-refractivity contribution >= 4 is 12.6 Å². The molecule has 2 aliphatic heterocycles. The Morgan fingerprint density at radius 1 is 0.396 bits per heavy atom. The molecule has 0 aliphatic carbocycles. The van der Waals surface area contributed by atoms with E-state index >= 15 is 0 Å². The van der Waals surface area contributed by atoms with Crippen LogP contribution in [0.4, 0.5) is 0 Å². The van der Waals surface area contributed by atoms with E-state index in [-0.39, 0.29) is 19.8 Å². The second-order valence-corrected chi connectivity index (χ2v) is 13.4. The van der Waals surface area contributed by atoms with Gasteiger partial charge in [0, 0.05) is 6.61 Å². The highest BCUT2D eigenvalue weighted by molar-refractivity contribution is 7.80. The van der Waals surface area contributed by atoms with Crippen molar-refractivity contribution in [1.82, 2.24) is 0 Å². The Morgan fingerprint density at radius 3 is 1.26 bits per heavy atom. The highest BCUT2D eigenvalue weighted by Gasteiger charge is 2.50. The SMILES string of the molecule is OCC1O[C@@H](O[C@@H]2C(CO)O[C@@H](OCCOCCOCCOCCOCCOCCOCCCCCCCCCCCS)C(O)C2O)C(O)C(O)[C@H]1O. The predicted octanol–water partition coefficient (Wildman–Crippen LogP) is -0.833. The second kappa shape index (κ2) is 31.7. The Labute approximate surface area is 319 Å². The zero-order chi connectivity index (χ0) is 38.5. The van der Waals surface area contributed by atoms with E-state index in [2.05, 4.69) is 12.6 Å². The van der Waals surface area contributed by atoms with Gasteiger partial charge < -0.3 is 83.1 Å². The smallest absolute Gasteiger partial charge is 0.187 e. The van der Waals surface area contributed by atoms with E-state index in [9.17, 15) is 35.7 Å². The third-order valence-electron chi connectivity index (χ3n) is 8.78.